The Kier molecular flexibility index (Phi) is 4.82. The van der Waals surface area contributed by atoms with Crippen LogP contribution in [0, 0.1) is 0 Å². The van der Waals surface area contributed by atoms with Crippen LogP contribution in [0.25, 0.3) is 6.08 Å². The number of benzene rings is 1. The summed E-state index contributed by atoms with van der Waals surface area (Å²) in [6.07, 6.45) is 5.33. The van der Waals surface area contributed by atoms with Gasteiger partial charge in [-0.3, -0.25) is 4.21 Å². The van der Waals surface area contributed by atoms with Crippen LogP contribution < -0.4 is 18.9 Å². The molecule has 110 valence electrons. The van der Waals surface area contributed by atoms with Crippen molar-refractivity contribution in [3.8, 4) is 23.0 Å². The molecule has 0 N–H and O–H groups in total. The number of ether oxygens (including phenoxy) is 4. The molecule has 0 radical (unpaired) electrons. The van der Waals surface area contributed by atoms with E-state index in [4.69, 9.17) is 18.9 Å². The number of hydrogen-bond acceptors (Lipinski definition) is 6. The van der Waals surface area contributed by atoms with Gasteiger partial charge in [0.2, 0.25) is 18.3 Å². The average Bonchev–Trinajstić information content (AvgIpc) is 2.90. The molecule has 0 aromatic heterocycles. The first kappa shape index (κ1) is 15.1. The van der Waals surface area contributed by atoms with Crippen molar-refractivity contribution in [2.75, 3.05) is 33.5 Å². The van der Waals surface area contributed by atoms with Crippen LogP contribution in [-0.4, -0.2) is 37.7 Å². The summed E-state index contributed by atoms with van der Waals surface area (Å²) < 4.78 is 33.9. The Morgan fingerprint density at radius 2 is 2.05 bits per heavy atom. The van der Waals surface area contributed by atoms with Crippen LogP contribution in [0.15, 0.2) is 10.3 Å². The van der Waals surface area contributed by atoms with E-state index in [0.29, 0.717) is 23.0 Å². The summed E-state index contributed by atoms with van der Waals surface area (Å²) in [5.41, 5.74) is 0.744. The van der Waals surface area contributed by atoms with E-state index < -0.39 is 10.8 Å². The molecule has 1 aliphatic rings. The minimum Gasteiger partial charge on any atom is -0.492 e. The van der Waals surface area contributed by atoms with Crippen LogP contribution in [0.5, 0.6) is 23.0 Å². The molecule has 1 aromatic rings. The lowest BCUT2D eigenvalue weighted by molar-refractivity contribution is 0.170. The number of rotatable bonds is 5. The monoisotopic (exact) mass is 316 g/mol. The Bertz CT molecular complexity index is 568. The SMILES string of the molecule is COc1c(/C=C(/SC)S(C)=O)cc2c(c1OC)OCO2. The molecule has 0 bridgehead atoms. The highest BCUT2D eigenvalue weighted by Crippen LogP contribution is 2.49. The lowest BCUT2D eigenvalue weighted by Gasteiger charge is -2.13. The Labute approximate surface area is 124 Å². The minimum absolute atomic E-state index is 0.150. The van der Waals surface area contributed by atoms with Crippen molar-refractivity contribution < 1.29 is 23.2 Å². The van der Waals surface area contributed by atoms with Crippen LogP contribution in [0.1, 0.15) is 5.56 Å². The quantitative estimate of drug-likeness (QED) is 0.832. The lowest BCUT2D eigenvalue weighted by Crippen LogP contribution is -1.96. The molecule has 1 aliphatic heterocycles. The third-order valence-corrected chi connectivity index (χ3v) is 5.18. The van der Waals surface area contributed by atoms with Crippen molar-refractivity contribution >= 4 is 28.6 Å². The summed E-state index contributed by atoms with van der Waals surface area (Å²) >= 11 is 1.43. The second-order valence-electron chi connectivity index (χ2n) is 3.89. The minimum atomic E-state index is -1.07. The van der Waals surface area contributed by atoms with Crippen LogP contribution in [0.3, 0.4) is 0 Å². The van der Waals surface area contributed by atoms with E-state index >= 15 is 0 Å². The number of hydrogen-bond donors (Lipinski definition) is 0. The molecule has 7 heteroatoms. The van der Waals surface area contributed by atoms with Gasteiger partial charge in [0.25, 0.3) is 0 Å². The average molecular weight is 316 g/mol. The van der Waals surface area contributed by atoms with Gasteiger partial charge in [0.05, 0.1) is 29.3 Å². The van der Waals surface area contributed by atoms with Crippen molar-refractivity contribution in [2.24, 2.45) is 0 Å². The number of thioether (sulfide) groups is 1. The first-order valence-corrected chi connectivity index (χ1v) is 8.54. The molecule has 0 fully saturated rings. The van der Waals surface area contributed by atoms with Crippen molar-refractivity contribution in [3.05, 3.63) is 15.9 Å². The molecular formula is C13H16O5S2. The van der Waals surface area contributed by atoms with Crippen LogP contribution >= 0.6 is 11.8 Å². The fraction of sp³-hybridized carbons (Fsp3) is 0.385. The van der Waals surface area contributed by atoms with Gasteiger partial charge < -0.3 is 18.9 Å². The molecule has 0 amide bonds. The maximum Gasteiger partial charge on any atom is 0.231 e. The van der Waals surface area contributed by atoms with Gasteiger partial charge in [-0.05, 0) is 18.4 Å². The molecule has 0 aliphatic carbocycles. The molecule has 1 aromatic carbocycles. The summed E-state index contributed by atoms with van der Waals surface area (Å²) in [5.74, 6) is 2.14. The largest absolute Gasteiger partial charge is 0.492 e. The molecule has 5 nitrogen and oxygen atoms in total. The predicted molar refractivity (Wildman–Crippen MR) is 81.2 cm³/mol. The van der Waals surface area contributed by atoms with Gasteiger partial charge in [0.1, 0.15) is 0 Å². The van der Waals surface area contributed by atoms with Crippen molar-refractivity contribution in [1.29, 1.82) is 0 Å². The molecular weight excluding hydrogens is 300 g/mol. The van der Waals surface area contributed by atoms with E-state index in [1.54, 1.807) is 26.5 Å². The summed E-state index contributed by atoms with van der Waals surface area (Å²) in [5, 5.41) is 0. The standard InChI is InChI=1S/C13H16O5S2/c1-15-11-8(6-10(19-3)20(4)14)5-9-12(13(11)16-2)18-7-17-9/h5-6H,7H2,1-4H3/b10-6-. The zero-order chi connectivity index (χ0) is 14.7. The normalized spacial score (nSPS) is 15.1. The molecule has 0 saturated heterocycles. The zero-order valence-electron chi connectivity index (χ0n) is 11.7. The van der Waals surface area contributed by atoms with Crippen molar-refractivity contribution in [1.82, 2.24) is 0 Å². The van der Waals surface area contributed by atoms with Crippen molar-refractivity contribution in [2.45, 2.75) is 0 Å². The van der Waals surface area contributed by atoms with E-state index in [9.17, 15) is 4.21 Å². The Hall–Kier alpha value is -1.34. The van der Waals surface area contributed by atoms with E-state index in [1.807, 2.05) is 12.3 Å². The Morgan fingerprint density at radius 1 is 1.35 bits per heavy atom. The van der Waals surface area contributed by atoms with E-state index in [2.05, 4.69) is 0 Å². The van der Waals surface area contributed by atoms with Gasteiger partial charge in [0.15, 0.2) is 11.5 Å². The summed E-state index contributed by atoms with van der Waals surface area (Å²) in [6, 6.07) is 1.80. The fourth-order valence-corrected chi connectivity index (χ4v) is 3.38. The van der Waals surface area contributed by atoms with Crippen LogP contribution in [0.4, 0.5) is 0 Å². The van der Waals surface area contributed by atoms with Crippen molar-refractivity contribution in [3.63, 3.8) is 0 Å². The summed E-state index contributed by atoms with van der Waals surface area (Å²) in [7, 11) is 2.03. The summed E-state index contributed by atoms with van der Waals surface area (Å²) in [6.45, 7) is 0.150. The van der Waals surface area contributed by atoms with Gasteiger partial charge in [0, 0.05) is 11.8 Å². The molecule has 0 spiro atoms. The van der Waals surface area contributed by atoms with Gasteiger partial charge in [-0.25, -0.2) is 0 Å². The smallest absolute Gasteiger partial charge is 0.231 e. The highest BCUT2D eigenvalue weighted by Gasteiger charge is 2.25. The maximum absolute atomic E-state index is 11.7. The third kappa shape index (κ3) is 2.73. The lowest BCUT2D eigenvalue weighted by atomic mass is 10.1. The second-order valence-corrected chi connectivity index (χ2v) is 6.34. The van der Waals surface area contributed by atoms with Gasteiger partial charge >= 0.3 is 0 Å². The molecule has 20 heavy (non-hydrogen) atoms. The zero-order valence-corrected chi connectivity index (χ0v) is 13.4. The van der Waals surface area contributed by atoms with Gasteiger partial charge in [-0.15, -0.1) is 11.8 Å². The topological polar surface area (TPSA) is 54.0 Å². The maximum atomic E-state index is 11.7. The van der Waals surface area contributed by atoms with Crippen LogP contribution in [0.2, 0.25) is 0 Å². The highest BCUT2D eigenvalue weighted by atomic mass is 32.2. The number of methoxy groups -OCH3 is 2. The first-order valence-electron chi connectivity index (χ1n) is 5.76. The van der Waals surface area contributed by atoms with E-state index in [1.165, 1.54) is 11.8 Å². The predicted octanol–water partition coefficient (Wildman–Crippen LogP) is 2.47. The highest BCUT2D eigenvalue weighted by molar-refractivity contribution is 8.16. The summed E-state index contributed by atoms with van der Waals surface area (Å²) in [4.78, 5) is 0. The Morgan fingerprint density at radius 3 is 2.60 bits per heavy atom. The fourth-order valence-electron chi connectivity index (χ4n) is 1.90. The second kappa shape index (κ2) is 6.41. The molecule has 0 saturated carbocycles. The molecule has 1 unspecified atom stereocenters. The number of fused-ring (bicyclic) bond motifs is 1. The molecule has 2 rings (SSSR count). The van der Waals surface area contributed by atoms with Gasteiger partial charge in [-0.2, -0.15) is 0 Å². The molecule has 1 atom stereocenters. The van der Waals surface area contributed by atoms with E-state index in [0.717, 1.165) is 9.80 Å². The first-order chi connectivity index (χ1) is 9.62. The Balaban J connectivity index is 2.61. The molecule has 1 heterocycles. The third-order valence-electron chi connectivity index (χ3n) is 2.77. The van der Waals surface area contributed by atoms with Gasteiger partial charge in [-0.1, -0.05) is 0 Å². The van der Waals surface area contributed by atoms with Crippen LogP contribution in [-0.2, 0) is 10.8 Å². The van der Waals surface area contributed by atoms with E-state index in [-0.39, 0.29) is 6.79 Å².